The number of alkyl halides is 2. The first-order valence-corrected chi connectivity index (χ1v) is 6.53. The fourth-order valence-electron chi connectivity index (χ4n) is 1.81. The molecule has 1 amide bonds. The van der Waals surface area contributed by atoms with Gasteiger partial charge in [0.1, 0.15) is 11.2 Å². The van der Waals surface area contributed by atoms with E-state index in [1.165, 1.54) is 0 Å². The summed E-state index contributed by atoms with van der Waals surface area (Å²) >= 11 is 0. The van der Waals surface area contributed by atoms with Crippen molar-refractivity contribution in [2.45, 2.75) is 32.7 Å². The minimum Gasteiger partial charge on any atom is -0.465 e. The molecule has 1 heterocycles. The van der Waals surface area contributed by atoms with Crippen LogP contribution in [0, 0.1) is 0 Å². The highest BCUT2D eigenvalue weighted by atomic mass is 19.3. The maximum absolute atomic E-state index is 13.2. The molecule has 1 N–H and O–H groups in total. The Morgan fingerprint density at radius 1 is 1.22 bits per heavy atom. The second-order valence-corrected chi connectivity index (χ2v) is 5.64. The van der Waals surface area contributed by atoms with Crippen LogP contribution in [0.15, 0.2) is 12.1 Å². The molecular formula is C14H15F2NO6. The summed E-state index contributed by atoms with van der Waals surface area (Å²) in [6.45, 7) is 4.98. The fraction of sp³-hybridized carbons (Fsp3) is 0.429. The number of halogens is 2. The highest BCUT2D eigenvalue weighted by molar-refractivity contribution is 5.96. The number of anilines is 1. The van der Waals surface area contributed by atoms with Gasteiger partial charge in [-0.1, -0.05) is 0 Å². The molecule has 0 bridgehead atoms. The van der Waals surface area contributed by atoms with Gasteiger partial charge in [-0.2, -0.15) is 0 Å². The molecule has 0 atom stereocenters. The monoisotopic (exact) mass is 331 g/mol. The third-order valence-corrected chi connectivity index (χ3v) is 2.56. The quantitative estimate of drug-likeness (QED) is 0.838. The zero-order chi connectivity index (χ0) is 17.4. The smallest absolute Gasteiger partial charge is 0.465 e. The van der Waals surface area contributed by atoms with Crippen LogP contribution in [0.4, 0.5) is 19.3 Å². The third-order valence-electron chi connectivity index (χ3n) is 2.56. The Morgan fingerprint density at radius 3 is 2.43 bits per heavy atom. The van der Waals surface area contributed by atoms with E-state index in [0.29, 0.717) is 0 Å². The number of hydrogen-bond acceptors (Lipinski definition) is 6. The van der Waals surface area contributed by atoms with Crippen LogP contribution in [-0.2, 0) is 9.47 Å². The maximum Gasteiger partial charge on any atom is 0.586 e. The van der Waals surface area contributed by atoms with Gasteiger partial charge in [-0.25, -0.2) is 9.59 Å². The lowest BCUT2D eigenvalue weighted by Gasteiger charge is -2.19. The first-order valence-electron chi connectivity index (χ1n) is 6.53. The van der Waals surface area contributed by atoms with E-state index in [1.807, 2.05) is 0 Å². The molecule has 0 unspecified atom stereocenters. The molecule has 7 nitrogen and oxygen atoms in total. The molecule has 0 saturated carbocycles. The molecule has 0 radical (unpaired) electrons. The first kappa shape index (κ1) is 16.8. The van der Waals surface area contributed by atoms with Crippen LogP contribution >= 0.6 is 0 Å². The fourth-order valence-corrected chi connectivity index (χ4v) is 1.81. The van der Waals surface area contributed by atoms with Gasteiger partial charge >= 0.3 is 18.4 Å². The molecular weight excluding hydrogens is 316 g/mol. The van der Waals surface area contributed by atoms with Gasteiger partial charge in [-0.3, -0.25) is 5.32 Å². The van der Waals surface area contributed by atoms with E-state index in [0.717, 1.165) is 19.2 Å². The van der Waals surface area contributed by atoms with Gasteiger partial charge in [0, 0.05) is 11.8 Å². The van der Waals surface area contributed by atoms with E-state index in [2.05, 4.69) is 19.5 Å². The van der Waals surface area contributed by atoms with Gasteiger partial charge in [-0.15, -0.1) is 8.78 Å². The van der Waals surface area contributed by atoms with Gasteiger partial charge in [0.05, 0.1) is 7.11 Å². The Kier molecular flexibility index (Phi) is 4.06. The number of esters is 1. The lowest BCUT2D eigenvalue weighted by atomic mass is 10.1. The van der Waals surface area contributed by atoms with Crippen LogP contribution in [0.2, 0.25) is 0 Å². The molecule has 1 aromatic carbocycles. The molecule has 9 heteroatoms. The second kappa shape index (κ2) is 5.56. The number of benzene rings is 1. The molecule has 1 aromatic rings. The van der Waals surface area contributed by atoms with Crippen LogP contribution in [0.25, 0.3) is 0 Å². The number of rotatable bonds is 2. The first-order chi connectivity index (χ1) is 10.5. The van der Waals surface area contributed by atoms with E-state index >= 15 is 0 Å². The number of carbonyl (C=O) groups is 2. The average Bonchev–Trinajstić information content (AvgIpc) is 2.68. The number of methoxy groups -OCH3 is 1. The topological polar surface area (TPSA) is 83.1 Å². The highest BCUT2D eigenvalue weighted by Crippen LogP contribution is 2.45. The van der Waals surface area contributed by atoms with Crippen molar-refractivity contribution in [1.29, 1.82) is 0 Å². The summed E-state index contributed by atoms with van der Waals surface area (Å²) in [5.41, 5.74) is -1.05. The number of amides is 1. The number of hydrogen-bond donors (Lipinski definition) is 1. The predicted molar refractivity (Wildman–Crippen MR) is 73.8 cm³/mol. The molecule has 2 rings (SSSR count). The van der Waals surface area contributed by atoms with Crippen LogP contribution < -0.4 is 14.8 Å². The molecule has 0 aromatic heterocycles. The van der Waals surface area contributed by atoms with Gasteiger partial charge in [0.15, 0.2) is 11.5 Å². The van der Waals surface area contributed by atoms with Gasteiger partial charge in [0.25, 0.3) is 0 Å². The Balaban J connectivity index is 2.33. The van der Waals surface area contributed by atoms with Crippen molar-refractivity contribution in [2.75, 3.05) is 12.4 Å². The minimum absolute atomic E-state index is 0.0136. The van der Waals surface area contributed by atoms with E-state index in [4.69, 9.17) is 4.74 Å². The summed E-state index contributed by atoms with van der Waals surface area (Å²) in [6.07, 6.45) is -4.73. The summed E-state index contributed by atoms with van der Waals surface area (Å²) in [5, 5.41) is 2.33. The van der Waals surface area contributed by atoms with Crippen LogP contribution in [0.1, 0.15) is 31.1 Å². The average molecular weight is 331 g/mol. The van der Waals surface area contributed by atoms with Gasteiger partial charge < -0.3 is 18.9 Å². The van der Waals surface area contributed by atoms with Crippen LogP contribution in [-0.4, -0.2) is 31.1 Å². The summed E-state index contributed by atoms with van der Waals surface area (Å²) in [7, 11) is 1.08. The van der Waals surface area contributed by atoms with E-state index in [1.54, 1.807) is 20.8 Å². The highest BCUT2D eigenvalue weighted by Gasteiger charge is 2.46. The van der Waals surface area contributed by atoms with Gasteiger partial charge in [0.2, 0.25) is 0 Å². The van der Waals surface area contributed by atoms with E-state index in [9.17, 15) is 18.4 Å². The van der Waals surface area contributed by atoms with Crippen molar-refractivity contribution < 1.29 is 37.3 Å². The molecule has 126 valence electrons. The van der Waals surface area contributed by atoms with Crippen molar-refractivity contribution >= 4 is 17.7 Å². The third kappa shape index (κ3) is 3.99. The van der Waals surface area contributed by atoms with Gasteiger partial charge in [-0.05, 0) is 26.8 Å². The van der Waals surface area contributed by atoms with Crippen LogP contribution in [0.5, 0.6) is 11.5 Å². The van der Waals surface area contributed by atoms with Crippen molar-refractivity contribution in [2.24, 2.45) is 0 Å². The van der Waals surface area contributed by atoms with Crippen molar-refractivity contribution in [1.82, 2.24) is 0 Å². The number of fused-ring (bicyclic) bond motifs is 1. The largest absolute Gasteiger partial charge is 0.586 e. The minimum atomic E-state index is -3.91. The van der Waals surface area contributed by atoms with Crippen molar-refractivity contribution in [3.63, 3.8) is 0 Å². The summed E-state index contributed by atoms with van der Waals surface area (Å²) in [5.74, 6) is -1.78. The van der Waals surface area contributed by atoms with Crippen molar-refractivity contribution in [3.8, 4) is 11.5 Å². The number of carbonyl (C=O) groups excluding carboxylic acids is 2. The summed E-state index contributed by atoms with van der Waals surface area (Å²) in [4.78, 5) is 23.4. The standard InChI is InChI=1S/C14H15F2NO6/c1-13(2,3)23-12(19)17-7-5-8(11(18)20-4)10-9(6-7)21-14(15,16)22-10/h5-6H,1-4H3,(H,17,19). The Labute approximate surface area is 130 Å². The molecule has 1 aliphatic heterocycles. The molecule has 0 aliphatic carbocycles. The molecule has 0 saturated heterocycles. The summed E-state index contributed by atoms with van der Waals surface area (Å²) < 4.78 is 44.5. The van der Waals surface area contributed by atoms with Crippen molar-refractivity contribution in [3.05, 3.63) is 17.7 Å². The predicted octanol–water partition coefficient (Wildman–Crippen LogP) is 3.14. The Bertz CT molecular complexity index is 653. The number of nitrogens with one attached hydrogen (secondary N) is 1. The zero-order valence-electron chi connectivity index (χ0n) is 12.9. The SMILES string of the molecule is COC(=O)c1cc(NC(=O)OC(C)(C)C)cc2c1OC(F)(F)O2. The zero-order valence-corrected chi connectivity index (χ0v) is 12.9. The van der Waals surface area contributed by atoms with Crippen LogP contribution in [0.3, 0.4) is 0 Å². The Morgan fingerprint density at radius 2 is 1.87 bits per heavy atom. The number of ether oxygens (including phenoxy) is 4. The second-order valence-electron chi connectivity index (χ2n) is 5.64. The summed E-state index contributed by atoms with van der Waals surface area (Å²) in [6, 6.07) is 2.21. The molecule has 0 fully saturated rings. The van der Waals surface area contributed by atoms with E-state index < -0.39 is 35.5 Å². The van der Waals surface area contributed by atoms with E-state index in [-0.39, 0.29) is 11.3 Å². The normalized spacial score (nSPS) is 15.0. The lowest BCUT2D eigenvalue weighted by Crippen LogP contribution is -2.27. The maximum atomic E-state index is 13.2. The molecule has 1 aliphatic rings. The molecule has 0 spiro atoms. The lowest BCUT2D eigenvalue weighted by molar-refractivity contribution is -0.286. The molecule has 23 heavy (non-hydrogen) atoms. The Hall–Kier alpha value is -2.58.